The molecule has 2 atom stereocenters. The first kappa shape index (κ1) is 28.9. The monoisotopic (exact) mass is 549 g/mol. The van der Waals surface area contributed by atoms with E-state index in [9.17, 15) is 4.79 Å². The van der Waals surface area contributed by atoms with Crippen molar-refractivity contribution in [3.05, 3.63) is 70.5 Å². The van der Waals surface area contributed by atoms with Gasteiger partial charge in [-0.1, -0.05) is 55.8 Å². The van der Waals surface area contributed by atoms with Crippen molar-refractivity contribution in [2.75, 3.05) is 44.6 Å². The lowest BCUT2D eigenvalue weighted by molar-refractivity contribution is -0.121. The van der Waals surface area contributed by atoms with Crippen LogP contribution in [0, 0.1) is 6.92 Å². The maximum atomic E-state index is 13.0. The molecule has 1 saturated heterocycles. The van der Waals surface area contributed by atoms with Crippen LogP contribution < -0.4 is 16.0 Å². The Morgan fingerprint density at radius 1 is 1.15 bits per heavy atom. The predicted molar refractivity (Wildman–Crippen MR) is 158 cm³/mol. The van der Waals surface area contributed by atoms with Gasteiger partial charge in [-0.2, -0.15) is 0 Å². The van der Waals surface area contributed by atoms with Crippen LogP contribution in [-0.2, 0) is 4.79 Å². The Balaban J connectivity index is 1.51. The van der Waals surface area contributed by atoms with Crippen LogP contribution in [0.2, 0.25) is 5.02 Å². The highest BCUT2D eigenvalue weighted by Crippen LogP contribution is 2.31. The third-order valence-corrected chi connectivity index (χ3v) is 7.53. The molecule has 0 saturated carbocycles. The minimum atomic E-state index is -0.203. The minimum absolute atomic E-state index is 0.0608. The van der Waals surface area contributed by atoms with E-state index in [1.165, 1.54) is 0 Å². The highest BCUT2D eigenvalue weighted by molar-refractivity contribution is 6.30. The first-order valence-corrected chi connectivity index (χ1v) is 14.3. The average molecular weight is 550 g/mol. The number of benzene rings is 1. The van der Waals surface area contributed by atoms with Gasteiger partial charge in [-0.05, 0) is 49.9 Å². The van der Waals surface area contributed by atoms with E-state index in [0.717, 1.165) is 68.2 Å². The second-order valence-corrected chi connectivity index (χ2v) is 10.6. The van der Waals surface area contributed by atoms with Crippen molar-refractivity contribution in [2.24, 2.45) is 0 Å². The Hall–Kier alpha value is -3.07. The van der Waals surface area contributed by atoms with Gasteiger partial charge in [0, 0.05) is 61.6 Å². The number of rotatable bonds is 12. The Labute approximate surface area is 237 Å². The first-order valence-electron chi connectivity index (χ1n) is 14.0. The molecule has 4 rings (SSSR count). The van der Waals surface area contributed by atoms with Crippen molar-refractivity contribution in [3.8, 4) is 11.5 Å². The summed E-state index contributed by atoms with van der Waals surface area (Å²) in [5, 5.41) is 10.8. The van der Waals surface area contributed by atoms with Crippen LogP contribution in [0.25, 0.3) is 11.5 Å². The van der Waals surface area contributed by atoms with Crippen LogP contribution in [0.15, 0.2) is 48.7 Å². The zero-order valence-corrected chi connectivity index (χ0v) is 24.0. The normalized spacial score (nSPS) is 15.5. The fourth-order valence-electron chi connectivity index (χ4n) is 4.95. The van der Waals surface area contributed by atoms with E-state index >= 15 is 0 Å². The zero-order chi connectivity index (χ0) is 27.6. The van der Waals surface area contributed by atoms with Crippen molar-refractivity contribution in [3.63, 3.8) is 0 Å². The minimum Gasteiger partial charge on any atom is -0.367 e. The van der Waals surface area contributed by atoms with Gasteiger partial charge in [0.05, 0.1) is 6.04 Å². The molecule has 3 heterocycles. The summed E-state index contributed by atoms with van der Waals surface area (Å²) in [6.07, 6.45) is 3.97. The summed E-state index contributed by atoms with van der Waals surface area (Å²) in [6.45, 7) is 11.9. The SMILES string of the molecule is CCC(C)c1c(C)nc(-c2cc(Cl)ccn2)nc1NCC(NC(=O)CCCN1CCNCC1)c1ccccc1. The summed E-state index contributed by atoms with van der Waals surface area (Å²) in [6, 6.07) is 13.4. The number of aromatic nitrogens is 3. The average Bonchev–Trinajstić information content (AvgIpc) is 2.95. The van der Waals surface area contributed by atoms with Crippen molar-refractivity contribution < 1.29 is 4.79 Å². The summed E-state index contributed by atoms with van der Waals surface area (Å²) in [4.78, 5) is 29.5. The van der Waals surface area contributed by atoms with E-state index in [4.69, 9.17) is 21.6 Å². The lowest BCUT2D eigenvalue weighted by Crippen LogP contribution is -2.44. The second kappa shape index (κ2) is 14.4. The number of carbonyl (C=O) groups excluding carboxylic acids is 1. The molecule has 3 aromatic rings. The van der Waals surface area contributed by atoms with Gasteiger partial charge in [0.2, 0.25) is 5.91 Å². The third-order valence-electron chi connectivity index (χ3n) is 7.29. The molecule has 1 amide bonds. The molecule has 0 aliphatic carbocycles. The highest BCUT2D eigenvalue weighted by atomic mass is 35.5. The molecule has 3 N–H and O–H groups in total. The fourth-order valence-corrected chi connectivity index (χ4v) is 5.11. The molecule has 2 unspecified atom stereocenters. The Kier molecular flexibility index (Phi) is 10.6. The number of piperazine rings is 1. The molecular formula is C30H40ClN7O. The summed E-state index contributed by atoms with van der Waals surface area (Å²) < 4.78 is 0. The number of aryl methyl sites for hydroxylation is 1. The van der Waals surface area contributed by atoms with Gasteiger partial charge in [0.1, 0.15) is 11.5 Å². The summed E-state index contributed by atoms with van der Waals surface area (Å²) in [7, 11) is 0. The third kappa shape index (κ3) is 8.21. The molecular weight excluding hydrogens is 510 g/mol. The summed E-state index contributed by atoms with van der Waals surface area (Å²) in [5.41, 5.74) is 3.67. The molecule has 9 heteroatoms. The van der Waals surface area contributed by atoms with Crippen molar-refractivity contribution in [1.29, 1.82) is 0 Å². The molecule has 1 fully saturated rings. The van der Waals surface area contributed by atoms with Crippen LogP contribution in [-0.4, -0.2) is 65.0 Å². The van der Waals surface area contributed by atoms with Gasteiger partial charge in [-0.25, -0.2) is 9.97 Å². The number of pyridine rings is 1. The van der Waals surface area contributed by atoms with Gasteiger partial charge in [0.15, 0.2) is 5.82 Å². The molecule has 0 bridgehead atoms. The lowest BCUT2D eigenvalue weighted by atomic mass is 9.97. The Morgan fingerprint density at radius 3 is 2.64 bits per heavy atom. The van der Waals surface area contributed by atoms with Crippen LogP contribution in [0.3, 0.4) is 0 Å². The Bertz CT molecular complexity index is 1220. The topological polar surface area (TPSA) is 95.1 Å². The van der Waals surface area contributed by atoms with E-state index in [1.807, 2.05) is 25.1 Å². The van der Waals surface area contributed by atoms with E-state index in [-0.39, 0.29) is 17.9 Å². The van der Waals surface area contributed by atoms with E-state index in [0.29, 0.717) is 29.5 Å². The molecule has 0 spiro atoms. The zero-order valence-electron chi connectivity index (χ0n) is 23.2. The van der Waals surface area contributed by atoms with Gasteiger partial charge in [-0.3, -0.25) is 9.78 Å². The van der Waals surface area contributed by atoms with E-state index in [1.54, 1.807) is 18.3 Å². The number of hydrogen-bond acceptors (Lipinski definition) is 7. The second-order valence-electron chi connectivity index (χ2n) is 10.2. The summed E-state index contributed by atoms with van der Waals surface area (Å²) >= 11 is 6.22. The predicted octanol–water partition coefficient (Wildman–Crippen LogP) is 4.97. The number of hydrogen-bond donors (Lipinski definition) is 3. The van der Waals surface area contributed by atoms with Crippen LogP contribution in [0.5, 0.6) is 0 Å². The quantitative estimate of drug-likeness (QED) is 0.293. The number of halogens is 1. The number of amides is 1. The molecule has 39 heavy (non-hydrogen) atoms. The lowest BCUT2D eigenvalue weighted by Gasteiger charge is -2.27. The highest BCUT2D eigenvalue weighted by Gasteiger charge is 2.21. The molecule has 208 valence electrons. The molecule has 8 nitrogen and oxygen atoms in total. The molecule has 0 radical (unpaired) electrons. The molecule has 1 aliphatic rings. The van der Waals surface area contributed by atoms with Gasteiger partial charge < -0.3 is 20.9 Å². The van der Waals surface area contributed by atoms with E-state index < -0.39 is 0 Å². The Morgan fingerprint density at radius 2 is 1.92 bits per heavy atom. The number of carbonyl (C=O) groups is 1. The molecule has 2 aromatic heterocycles. The number of nitrogens with one attached hydrogen (secondary N) is 3. The molecule has 1 aromatic carbocycles. The van der Waals surface area contributed by atoms with Crippen LogP contribution in [0.4, 0.5) is 5.82 Å². The standard InChI is InChI=1S/C30H40ClN7O/c1-4-21(2)28-22(3)35-29(25-19-24(31)12-13-33-25)37-30(28)34-20-26(23-9-6-5-7-10-23)36-27(39)11-8-16-38-17-14-32-15-18-38/h5-7,9-10,12-13,19,21,26,32H,4,8,11,14-18,20H2,1-3H3,(H,36,39)(H,34,35,37). The van der Waals surface area contributed by atoms with Crippen molar-refractivity contribution >= 4 is 23.3 Å². The maximum absolute atomic E-state index is 13.0. The van der Waals surface area contributed by atoms with Crippen molar-refractivity contribution in [2.45, 2.75) is 52.0 Å². The van der Waals surface area contributed by atoms with Crippen molar-refractivity contribution in [1.82, 2.24) is 30.5 Å². The smallest absolute Gasteiger partial charge is 0.220 e. The van der Waals surface area contributed by atoms with Gasteiger partial charge in [0.25, 0.3) is 0 Å². The first-order chi connectivity index (χ1) is 18.9. The van der Waals surface area contributed by atoms with Crippen LogP contribution in [0.1, 0.15) is 61.9 Å². The van der Waals surface area contributed by atoms with Gasteiger partial charge >= 0.3 is 0 Å². The van der Waals surface area contributed by atoms with Gasteiger partial charge in [-0.15, -0.1) is 0 Å². The maximum Gasteiger partial charge on any atom is 0.220 e. The largest absolute Gasteiger partial charge is 0.367 e. The number of anilines is 1. The molecule has 1 aliphatic heterocycles. The van der Waals surface area contributed by atoms with E-state index in [2.05, 4.69) is 51.8 Å². The van der Waals surface area contributed by atoms with Crippen LogP contribution >= 0.6 is 11.6 Å². The summed E-state index contributed by atoms with van der Waals surface area (Å²) in [5.74, 6) is 1.62. The number of nitrogens with zero attached hydrogens (tertiary/aromatic N) is 4. The fraction of sp³-hybridized carbons (Fsp3) is 0.467.